The number of anilines is 1. The second-order valence-electron chi connectivity index (χ2n) is 1.87. The molecule has 1 rings (SSSR count). The van der Waals surface area contributed by atoms with E-state index in [1.807, 2.05) is 7.05 Å². The Labute approximate surface area is 70.1 Å². The number of hydrogen-bond donors (Lipinski definition) is 2. The van der Waals surface area contributed by atoms with Crippen LogP contribution in [0.4, 0.5) is 5.13 Å². The van der Waals surface area contributed by atoms with Crippen LogP contribution >= 0.6 is 24.0 Å². The molecule has 1 N–H and O–H groups in total. The Morgan fingerprint density at radius 1 is 1.80 bits per heavy atom. The van der Waals surface area contributed by atoms with E-state index in [0.717, 1.165) is 23.0 Å². The van der Waals surface area contributed by atoms with Crippen molar-refractivity contribution in [3.8, 4) is 0 Å². The third-order valence-corrected chi connectivity index (χ3v) is 2.27. The van der Waals surface area contributed by atoms with Gasteiger partial charge in [-0.3, -0.25) is 0 Å². The Bertz CT molecular complexity index is 197. The van der Waals surface area contributed by atoms with Crippen LogP contribution in [0.3, 0.4) is 0 Å². The van der Waals surface area contributed by atoms with Crippen molar-refractivity contribution in [3.05, 3.63) is 11.1 Å². The minimum Gasteiger partial charge on any atom is -0.365 e. The maximum atomic E-state index is 4.28. The van der Waals surface area contributed by atoms with E-state index in [1.54, 1.807) is 11.3 Å². The first-order chi connectivity index (χ1) is 4.86. The predicted molar refractivity (Wildman–Crippen MR) is 49.2 cm³/mol. The molecule has 0 spiro atoms. The molecule has 0 aliphatic heterocycles. The minimum atomic E-state index is 0.868. The van der Waals surface area contributed by atoms with Crippen LogP contribution in [0.25, 0.3) is 0 Å². The van der Waals surface area contributed by atoms with Crippen LogP contribution in [0.1, 0.15) is 5.69 Å². The quantitative estimate of drug-likeness (QED) is 0.681. The van der Waals surface area contributed by atoms with Crippen molar-refractivity contribution in [2.45, 2.75) is 6.42 Å². The van der Waals surface area contributed by atoms with Crippen LogP contribution in [0, 0.1) is 0 Å². The summed E-state index contributed by atoms with van der Waals surface area (Å²) < 4.78 is 0. The SMILES string of the molecule is CNc1nc(CCS)cs1. The third kappa shape index (κ3) is 1.88. The smallest absolute Gasteiger partial charge is 0.182 e. The molecule has 1 heterocycles. The maximum Gasteiger partial charge on any atom is 0.182 e. The molecule has 0 saturated heterocycles. The second kappa shape index (κ2) is 3.83. The first-order valence-corrected chi connectivity index (χ1v) is 4.61. The predicted octanol–water partition coefficient (Wildman–Crippen LogP) is 1.66. The van der Waals surface area contributed by atoms with E-state index in [-0.39, 0.29) is 0 Å². The number of hydrogen-bond acceptors (Lipinski definition) is 4. The van der Waals surface area contributed by atoms with Crippen molar-refractivity contribution in [1.82, 2.24) is 4.98 Å². The van der Waals surface area contributed by atoms with E-state index in [9.17, 15) is 0 Å². The van der Waals surface area contributed by atoms with Gasteiger partial charge in [-0.05, 0) is 12.2 Å². The van der Waals surface area contributed by atoms with Gasteiger partial charge in [-0.15, -0.1) is 11.3 Å². The van der Waals surface area contributed by atoms with Crippen molar-refractivity contribution in [3.63, 3.8) is 0 Å². The molecule has 0 aliphatic rings. The zero-order chi connectivity index (χ0) is 7.40. The standard InChI is InChI=1S/C6H10N2S2/c1-7-6-8-5(2-3-9)4-10-6/h4,9H,2-3H2,1H3,(H,7,8). The number of aromatic nitrogens is 1. The van der Waals surface area contributed by atoms with E-state index < -0.39 is 0 Å². The maximum absolute atomic E-state index is 4.28. The summed E-state index contributed by atoms with van der Waals surface area (Å²) in [4.78, 5) is 4.28. The third-order valence-electron chi connectivity index (χ3n) is 1.13. The van der Waals surface area contributed by atoms with Gasteiger partial charge in [0.15, 0.2) is 5.13 Å². The van der Waals surface area contributed by atoms with Gasteiger partial charge in [-0.25, -0.2) is 4.98 Å². The van der Waals surface area contributed by atoms with Crippen molar-refractivity contribution in [1.29, 1.82) is 0 Å². The highest BCUT2D eigenvalue weighted by Crippen LogP contribution is 2.14. The van der Waals surface area contributed by atoms with Crippen molar-refractivity contribution in [2.75, 3.05) is 18.1 Å². The fourth-order valence-electron chi connectivity index (χ4n) is 0.651. The number of thiazole rings is 1. The summed E-state index contributed by atoms with van der Waals surface area (Å²) in [6.07, 6.45) is 0.960. The molecule has 1 aromatic rings. The highest BCUT2D eigenvalue weighted by atomic mass is 32.1. The lowest BCUT2D eigenvalue weighted by molar-refractivity contribution is 1.08. The van der Waals surface area contributed by atoms with Crippen LogP contribution in [0.2, 0.25) is 0 Å². The van der Waals surface area contributed by atoms with E-state index >= 15 is 0 Å². The van der Waals surface area contributed by atoms with Gasteiger partial charge in [-0.2, -0.15) is 12.6 Å². The number of thiol groups is 1. The molecule has 0 saturated carbocycles. The fraction of sp³-hybridized carbons (Fsp3) is 0.500. The molecule has 0 bridgehead atoms. The summed E-state index contributed by atoms with van der Waals surface area (Å²) in [7, 11) is 1.88. The van der Waals surface area contributed by atoms with E-state index in [1.165, 1.54) is 0 Å². The van der Waals surface area contributed by atoms with Gasteiger partial charge in [-0.1, -0.05) is 0 Å². The van der Waals surface area contributed by atoms with Gasteiger partial charge in [0.25, 0.3) is 0 Å². The Morgan fingerprint density at radius 3 is 3.10 bits per heavy atom. The lowest BCUT2D eigenvalue weighted by Gasteiger charge is -1.89. The van der Waals surface area contributed by atoms with E-state index in [4.69, 9.17) is 0 Å². The first kappa shape index (κ1) is 7.88. The molecule has 0 aliphatic carbocycles. The average molecular weight is 174 g/mol. The summed E-state index contributed by atoms with van der Waals surface area (Å²) in [5, 5.41) is 6.03. The topological polar surface area (TPSA) is 24.9 Å². The molecule has 56 valence electrons. The summed E-state index contributed by atoms with van der Waals surface area (Å²) in [6, 6.07) is 0. The van der Waals surface area contributed by atoms with Gasteiger partial charge >= 0.3 is 0 Å². The molecule has 0 amide bonds. The Kier molecular flexibility index (Phi) is 3.02. The van der Waals surface area contributed by atoms with Crippen molar-refractivity contribution in [2.24, 2.45) is 0 Å². The molecule has 0 unspecified atom stereocenters. The summed E-state index contributed by atoms with van der Waals surface area (Å²) in [5.41, 5.74) is 1.13. The minimum absolute atomic E-state index is 0.868. The average Bonchev–Trinajstić information content (AvgIpc) is 2.37. The Balaban J connectivity index is 2.59. The highest BCUT2D eigenvalue weighted by Gasteiger charge is 1.96. The van der Waals surface area contributed by atoms with Crippen LogP contribution < -0.4 is 5.32 Å². The van der Waals surface area contributed by atoms with Gasteiger partial charge in [0.05, 0.1) is 5.69 Å². The summed E-state index contributed by atoms with van der Waals surface area (Å²) in [6.45, 7) is 0. The van der Waals surface area contributed by atoms with Crippen LogP contribution in [-0.2, 0) is 6.42 Å². The molecule has 0 radical (unpaired) electrons. The second-order valence-corrected chi connectivity index (χ2v) is 3.17. The molecular formula is C6H10N2S2. The largest absolute Gasteiger partial charge is 0.365 e. The monoisotopic (exact) mass is 174 g/mol. The van der Waals surface area contributed by atoms with E-state index in [0.29, 0.717) is 0 Å². The van der Waals surface area contributed by atoms with Gasteiger partial charge in [0.2, 0.25) is 0 Å². The van der Waals surface area contributed by atoms with E-state index in [2.05, 4.69) is 28.3 Å². The van der Waals surface area contributed by atoms with Gasteiger partial charge in [0, 0.05) is 12.4 Å². The number of nitrogens with zero attached hydrogens (tertiary/aromatic N) is 1. The lowest BCUT2D eigenvalue weighted by atomic mass is 10.4. The number of rotatable bonds is 3. The fourth-order valence-corrected chi connectivity index (χ4v) is 1.59. The first-order valence-electron chi connectivity index (χ1n) is 3.10. The van der Waals surface area contributed by atoms with Gasteiger partial charge in [0.1, 0.15) is 0 Å². The molecule has 0 fully saturated rings. The highest BCUT2D eigenvalue weighted by molar-refractivity contribution is 7.80. The van der Waals surface area contributed by atoms with Crippen LogP contribution in [0.5, 0.6) is 0 Å². The molecule has 2 nitrogen and oxygen atoms in total. The molecule has 0 aromatic carbocycles. The van der Waals surface area contributed by atoms with Crippen LogP contribution in [-0.4, -0.2) is 17.8 Å². The van der Waals surface area contributed by atoms with Crippen molar-refractivity contribution < 1.29 is 0 Å². The Hall–Kier alpha value is -0.220. The normalized spacial score (nSPS) is 9.80. The lowest BCUT2D eigenvalue weighted by Crippen LogP contribution is -1.89. The molecular weight excluding hydrogens is 164 g/mol. The van der Waals surface area contributed by atoms with Gasteiger partial charge < -0.3 is 5.32 Å². The summed E-state index contributed by atoms with van der Waals surface area (Å²) >= 11 is 5.75. The van der Waals surface area contributed by atoms with Crippen molar-refractivity contribution >= 4 is 29.1 Å². The Morgan fingerprint density at radius 2 is 2.60 bits per heavy atom. The summed E-state index contributed by atoms with van der Waals surface area (Å²) in [5.74, 6) is 0.868. The zero-order valence-electron chi connectivity index (χ0n) is 5.79. The number of aryl methyl sites for hydroxylation is 1. The van der Waals surface area contributed by atoms with Crippen LogP contribution in [0.15, 0.2) is 5.38 Å². The number of nitrogens with one attached hydrogen (secondary N) is 1. The molecule has 4 heteroatoms. The zero-order valence-corrected chi connectivity index (χ0v) is 7.51. The molecule has 10 heavy (non-hydrogen) atoms. The molecule has 0 atom stereocenters. The molecule has 1 aromatic heterocycles.